The third-order valence-corrected chi connectivity index (χ3v) is 4.60. The van der Waals surface area contributed by atoms with E-state index in [1.165, 1.54) is 11.3 Å². The Morgan fingerprint density at radius 1 is 1.36 bits per heavy atom. The van der Waals surface area contributed by atoms with Gasteiger partial charge in [-0.3, -0.25) is 0 Å². The van der Waals surface area contributed by atoms with Gasteiger partial charge in [-0.05, 0) is 36.2 Å². The highest BCUT2D eigenvalue weighted by atomic mass is 32.1. The second kappa shape index (κ2) is 7.10. The van der Waals surface area contributed by atoms with E-state index in [9.17, 15) is 10.1 Å². The zero-order valence-electron chi connectivity index (χ0n) is 12.7. The molecule has 0 fully saturated rings. The Labute approximate surface area is 134 Å². The number of benzene rings is 1. The fourth-order valence-corrected chi connectivity index (χ4v) is 3.08. The van der Waals surface area contributed by atoms with Gasteiger partial charge in [0.15, 0.2) is 0 Å². The third kappa shape index (κ3) is 3.46. The van der Waals surface area contributed by atoms with Crippen LogP contribution in [-0.4, -0.2) is 24.7 Å². The summed E-state index contributed by atoms with van der Waals surface area (Å²) < 4.78 is 0. The van der Waals surface area contributed by atoms with E-state index < -0.39 is 5.97 Å². The lowest BCUT2D eigenvalue weighted by Crippen LogP contribution is -2.19. The summed E-state index contributed by atoms with van der Waals surface area (Å²) >= 11 is 1.22. The van der Waals surface area contributed by atoms with Gasteiger partial charge in [0, 0.05) is 18.5 Å². The van der Waals surface area contributed by atoms with Crippen LogP contribution in [-0.2, 0) is 0 Å². The quantitative estimate of drug-likeness (QED) is 0.867. The molecule has 0 saturated heterocycles. The number of unbranched alkanes of at least 4 members (excludes halogenated alkanes) is 1. The predicted octanol–water partition coefficient (Wildman–Crippen LogP) is 4.22. The Kier molecular flexibility index (Phi) is 5.18. The van der Waals surface area contributed by atoms with Crippen LogP contribution < -0.4 is 4.90 Å². The summed E-state index contributed by atoms with van der Waals surface area (Å²) in [7, 11) is 1.99. The van der Waals surface area contributed by atoms with Gasteiger partial charge in [-0.2, -0.15) is 5.26 Å². The number of nitriles is 1. The van der Waals surface area contributed by atoms with Crippen molar-refractivity contribution in [2.45, 2.75) is 19.8 Å². The highest BCUT2D eigenvalue weighted by Crippen LogP contribution is 2.31. The van der Waals surface area contributed by atoms with Gasteiger partial charge < -0.3 is 10.0 Å². The summed E-state index contributed by atoms with van der Waals surface area (Å²) in [6, 6.07) is 11.3. The van der Waals surface area contributed by atoms with E-state index >= 15 is 0 Å². The van der Waals surface area contributed by atoms with Crippen LogP contribution in [0.4, 0.5) is 5.69 Å². The molecule has 0 amide bonds. The van der Waals surface area contributed by atoms with E-state index in [2.05, 4.69) is 17.9 Å². The number of hydrogen-bond acceptors (Lipinski definition) is 4. The number of aromatic carboxylic acids is 1. The molecule has 5 heteroatoms. The Bertz CT molecular complexity index is 716. The first-order chi connectivity index (χ1) is 10.6. The lowest BCUT2D eigenvalue weighted by molar-refractivity contribution is 0.0702. The van der Waals surface area contributed by atoms with E-state index in [-0.39, 0.29) is 0 Å². The lowest BCUT2D eigenvalue weighted by Gasteiger charge is -2.20. The molecule has 4 nitrogen and oxygen atoms in total. The second-order valence-corrected chi connectivity index (χ2v) is 6.17. The van der Waals surface area contributed by atoms with Crippen LogP contribution in [0.15, 0.2) is 30.3 Å². The van der Waals surface area contributed by atoms with Crippen molar-refractivity contribution >= 4 is 23.0 Å². The highest BCUT2D eigenvalue weighted by Gasteiger charge is 2.12. The Balaban J connectivity index is 2.32. The maximum atomic E-state index is 11.0. The highest BCUT2D eigenvalue weighted by molar-refractivity contribution is 7.17. The molecule has 0 aliphatic heterocycles. The van der Waals surface area contributed by atoms with Crippen molar-refractivity contribution in [3.63, 3.8) is 0 Å². The van der Waals surface area contributed by atoms with E-state index in [0.29, 0.717) is 10.4 Å². The largest absolute Gasteiger partial charge is 0.477 e. The van der Waals surface area contributed by atoms with Crippen molar-refractivity contribution in [2.24, 2.45) is 0 Å². The molecule has 0 saturated carbocycles. The normalized spacial score (nSPS) is 10.2. The van der Waals surface area contributed by atoms with Crippen molar-refractivity contribution in [1.29, 1.82) is 5.26 Å². The van der Waals surface area contributed by atoms with Gasteiger partial charge in [0.1, 0.15) is 10.9 Å². The summed E-state index contributed by atoms with van der Waals surface area (Å²) in [6.07, 6.45) is 2.19. The molecule has 0 radical (unpaired) electrons. The predicted molar refractivity (Wildman–Crippen MR) is 89.6 cm³/mol. The molecule has 2 aromatic rings. The monoisotopic (exact) mass is 314 g/mol. The molecular weight excluding hydrogens is 296 g/mol. The number of nitrogens with zero attached hydrogens (tertiary/aromatic N) is 2. The number of anilines is 1. The first kappa shape index (κ1) is 16.1. The maximum Gasteiger partial charge on any atom is 0.345 e. The fourth-order valence-electron chi connectivity index (χ4n) is 2.24. The number of carboxylic acid groups (broad SMARTS) is 1. The van der Waals surface area contributed by atoms with Crippen molar-refractivity contribution < 1.29 is 9.90 Å². The van der Waals surface area contributed by atoms with Crippen LogP contribution in [0.1, 0.15) is 35.0 Å². The van der Waals surface area contributed by atoms with Crippen molar-refractivity contribution in [3.05, 3.63) is 40.8 Å². The molecule has 22 heavy (non-hydrogen) atoms. The van der Waals surface area contributed by atoms with E-state index in [0.717, 1.165) is 35.5 Å². The molecule has 0 atom stereocenters. The number of carboxylic acids is 1. The average molecular weight is 314 g/mol. The molecule has 1 aromatic carbocycles. The number of hydrogen-bond donors (Lipinski definition) is 1. The summed E-state index contributed by atoms with van der Waals surface area (Å²) in [5, 5.41) is 18.4. The minimum absolute atomic E-state index is 0.303. The molecule has 1 aromatic heterocycles. The standard InChI is InChI=1S/C17H18N2O2S/c1-3-4-9-19(2)14-6-5-12(10-13(14)11-18)15-7-8-16(22-15)17(20)21/h5-8,10H,3-4,9H2,1-2H3,(H,20,21). The van der Waals surface area contributed by atoms with Gasteiger partial charge in [0.05, 0.1) is 11.3 Å². The zero-order chi connectivity index (χ0) is 16.1. The minimum atomic E-state index is -0.923. The zero-order valence-corrected chi connectivity index (χ0v) is 13.5. The molecule has 0 aliphatic rings. The van der Waals surface area contributed by atoms with Gasteiger partial charge in [-0.1, -0.05) is 19.4 Å². The summed E-state index contributed by atoms with van der Waals surface area (Å²) in [5.74, 6) is -0.923. The maximum absolute atomic E-state index is 11.0. The van der Waals surface area contributed by atoms with Crippen LogP contribution >= 0.6 is 11.3 Å². The van der Waals surface area contributed by atoms with Gasteiger partial charge in [0.2, 0.25) is 0 Å². The molecule has 0 unspecified atom stereocenters. The number of thiophene rings is 1. The lowest BCUT2D eigenvalue weighted by atomic mass is 10.1. The summed E-state index contributed by atoms with van der Waals surface area (Å²) in [6.45, 7) is 3.05. The molecule has 2 rings (SSSR count). The second-order valence-electron chi connectivity index (χ2n) is 5.09. The van der Waals surface area contributed by atoms with E-state index in [1.54, 1.807) is 12.1 Å². The first-order valence-corrected chi connectivity index (χ1v) is 7.97. The Morgan fingerprint density at radius 3 is 2.73 bits per heavy atom. The van der Waals surface area contributed by atoms with Crippen molar-refractivity contribution in [3.8, 4) is 16.5 Å². The third-order valence-electron chi connectivity index (χ3n) is 3.48. The number of carbonyl (C=O) groups is 1. The number of rotatable bonds is 6. The molecule has 0 bridgehead atoms. The smallest absolute Gasteiger partial charge is 0.345 e. The first-order valence-electron chi connectivity index (χ1n) is 7.15. The van der Waals surface area contributed by atoms with E-state index in [1.807, 2.05) is 25.2 Å². The molecule has 1 N–H and O–H groups in total. The van der Waals surface area contributed by atoms with Gasteiger partial charge in [-0.25, -0.2) is 4.79 Å². The Morgan fingerprint density at radius 2 is 2.14 bits per heavy atom. The van der Waals surface area contributed by atoms with Crippen LogP contribution in [0.3, 0.4) is 0 Å². The van der Waals surface area contributed by atoms with Gasteiger partial charge in [0.25, 0.3) is 0 Å². The van der Waals surface area contributed by atoms with E-state index in [4.69, 9.17) is 5.11 Å². The minimum Gasteiger partial charge on any atom is -0.477 e. The molecule has 114 valence electrons. The van der Waals surface area contributed by atoms with Crippen molar-refractivity contribution in [1.82, 2.24) is 0 Å². The molecule has 0 spiro atoms. The topological polar surface area (TPSA) is 64.3 Å². The van der Waals surface area contributed by atoms with Crippen LogP contribution in [0.5, 0.6) is 0 Å². The summed E-state index contributed by atoms with van der Waals surface area (Å²) in [5.41, 5.74) is 2.40. The summed E-state index contributed by atoms with van der Waals surface area (Å²) in [4.78, 5) is 14.2. The molecule has 1 heterocycles. The average Bonchev–Trinajstić information content (AvgIpc) is 3.02. The SMILES string of the molecule is CCCCN(C)c1ccc(-c2ccc(C(=O)O)s2)cc1C#N. The van der Waals surface area contributed by atoms with Crippen LogP contribution in [0, 0.1) is 11.3 Å². The fraction of sp³-hybridized carbons (Fsp3) is 0.294. The van der Waals surface area contributed by atoms with Crippen LogP contribution in [0.2, 0.25) is 0 Å². The van der Waals surface area contributed by atoms with Crippen molar-refractivity contribution in [2.75, 3.05) is 18.5 Å². The van der Waals surface area contributed by atoms with Gasteiger partial charge >= 0.3 is 5.97 Å². The van der Waals surface area contributed by atoms with Gasteiger partial charge in [-0.15, -0.1) is 11.3 Å². The molecule has 0 aliphatic carbocycles. The Hall–Kier alpha value is -2.32. The van der Waals surface area contributed by atoms with Crippen LogP contribution in [0.25, 0.3) is 10.4 Å². The molecular formula is C17H18N2O2S.